The largest absolute Gasteiger partial charge is 0.480 e. The number of esters is 1. The van der Waals surface area contributed by atoms with Crippen LogP contribution in [0, 0.1) is 15.9 Å². The number of urea groups is 1. The van der Waals surface area contributed by atoms with Gasteiger partial charge in [-0.15, -0.1) is 0 Å². The first-order valence-corrected chi connectivity index (χ1v) is 7.37. The summed E-state index contributed by atoms with van der Waals surface area (Å²) in [5.74, 6) is -1.70. The molecule has 2 rings (SSSR count). The van der Waals surface area contributed by atoms with E-state index in [2.05, 4.69) is 10.6 Å². The summed E-state index contributed by atoms with van der Waals surface area (Å²) >= 11 is 0. The van der Waals surface area contributed by atoms with Crippen molar-refractivity contribution in [2.45, 2.75) is 19.9 Å². The number of amides is 2. The SMILES string of the molecule is CCOC(=O)C1=C(COc2cc(F)ccc2[N+](=O)[O-])NC(=O)N[C@@H]1C. The Morgan fingerprint density at radius 1 is 1.44 bits per heavy atom. The highest BCUT2D eigenvalue weighted by Gasteiger charge is 2.30. The molecule has 0 bridgehead atoms. The summed E-state index contributed by atoms with van der Waals surface area (Å²) in [7, 11) is 0. The summed E-state index contributed by atoms with van der Waals surface area (Å²) in [6.45, 7) is 2.96. The molecule has 0 radical (unpaired) electrons. The normalized spacial score (nSPS) is 16.8. The van der Waals surface area contributed by atoms with Crippen LogP contribution in [0.3, 0.4) is 0 Å². The molecule has 0 aromatic heterocycles. The minimum atomic E-state index is -0.723. The van der Waals surface area contributed by atoms with Gasteiger partial charge in [0.2, 0.25) is 0 Å². The molecule has 10 heteroatoms. The molecule has 1 atom stereocenters. The number of nitrogens with one attached hydrogen (secondary N) is 2. The Morgan fingerprint density at radius 3 is 2.80 bits per heavy atom. The number of ether oxygens (including phenoxy) is 2. The summed E-state index contributed by atoms with van der Waals surface area (Å²) in [6.07, 6.45) is 0. The lowest BCUT2D eigenvalue weighted by Gasteiger charge is -2.26. The average Bonchev–Trinajstić information content (AvgIpc) is 2.52. The van der Waals surface area contributed by atoms with Crippen LogP contribution in [0.4, 0.5) is 14.9 Å². The van der Waals surface area contributed by atoms with Gasteiger partial charge in [-0.25, -0.2) is 14.0 Å². The molecule has 0 aliphatic carbocycles. The van der Waals surface area contributed by atoms with E-state index >= 15 is 0 Å². The molecule has 0 saturated heterocycles. The van der Waals surface area contributed by atoms with Gasteiger partial charge in [0, 0.05) is 12.1 Å². The number of hydrogen-bond acceptors (Lipinski definition) is 6. The number of hydrogen-bond donors (Lipinski definition) is 2. The Balaban J connectivity index is 2.31. The number of carbonyl (C=O) groups is 2. The predicted octanol–water partition coefficient (Wildman–Crippen LogP) is 1.63. The van der Waals surface area contributed by atoms with Crippen LogP contribution >= 0.6 is 0 Å². The molecule has 1 aliphatic rings. The van der Waals surface area contributed by atoms with E-state index < -0.39 is 34.5 Å². The van der Waals surface area contributed by atoms with Crippen molar-refractivity contribution < 1.29 is 28.4 Å². The van der Waals surface area contributed by atoms with Gasteiger partial charge in [0.05, 0.1) is 28.8 Å². The zero-order chi connectivity index (χ0) is 18.6. The summed E-state index contributed by atoms with van der Waals surface area (Å²) < 4.78 is 23.6. The second kappa shape index (κ2) is 7.60. The van der Waals surface area contributed by atoms with Crippen molar-refractivity contribution in [3.63, 3.8) is 0 Å². The van der Waals surface area contributed by atoms with E-state index in [-0.39, 0.29) is 30.2 Å². The third-order valence-corrected chi connectivity index (χ3v) is 3.36. The predicted molar refractivity (Wildman–Crippen MR) is 83.3 cm³/mol. The van der Waals surface area contributed by atoms with Crippen molar-refractivity contribution in [2.75, 3.05) is 13.2 Å². The number of benzene rings is 1. The molecule has 134 valence electrons. The number of carbonyl (C=O) groups excluding carboxylic acids is 2. The van der Waals surface area contributed by atoms with Crippen molar-refractivity contribution in [1.82, 2.24) is 10.6 Å². The van der Waals surface area contributed by atoms with Crippen molar-refractivity contribution in [1.29, 1.82) is 0 Å². The van der Waals surface area contributed by atoms with E-state index in [4.69, 9.17) is 9.47 Å². The van der Waals surface area contributed by atoms with Gasteiger partial charge in [0.1, 0.15) is 12.4 Å². The molecule has 0 fully saturated rings. The number of rotatable bonds is 6. The third-order valence-electron chi connectivity index (χ3n) is 3.36. The lowest BCUT2D eigenvalue weighted by atomic mass is 10.0. The maximum Gasteiger partial charge on any atom is 0.338 e. The van der Waals surface area contributed by atoms with Crippen LogP contribution in [0.1, 0.15) is 13.8 Å². The van der Waals surface area contributed by atoms with Gasteiger partial charge in [0.25, 0.3) is 0 Å². The Labute approximate surface area is 141 Å². The quantitative estimate of drug-likeness (QED) is 0.456. The van der Waals surface area contributed by atoms with E-state index in [9.17, 15) is 24.1 Å². The first-order valence-electron chi connectivity index (χ1n) is 7.37. The molecule has 2 amide bonds. The van der Waals surface area contributed by atoms with Crippen molar-refractivity contribution in [3.05, 3.63) is 45.4 Å². The zero-order valence-corrected chi connectivity index (χ0v) is 13.5. The Kier molecular flexibility index (Phi) is 5.52. The van der Waals surface area contributed by atoms with Crippen LogP contribution in [0.5, 0.6) is 5.75 Å². The maximum atomic E-state index is 13.3. The van der Waals surface area contributed by atoms with Gasteiger partial charge in [-0.05, 0) is 19.9 Å². The number of halogens is 1. The van der Waals surface area contributed by atoms with Gasteiger partial charge in [-0.2, -0.15) is 0 Å². The van der Waals surface area contributed by atoms with Gasteiger partial charge >= 0.3 is 17.7 Å². The van der Waals surface area contributed by atoms with Gasteiger partial charge in [-0.3, -0.25) is 10.1 Å². The van der Waals surface area contributed by atoms with E-state index in [0.717, 1.165) is 18.2 Å². The fourth-order valence-corrected chi connectivity index (χ4v) is 2.30. The molecule has 0 spiro atoms. The van der Waals surface area contributed by atoms with Gasteiger partial charge < -0.3 is 20.1 Å². The number of nitrogens with zero attached hydrogens (tertiary/aromatic N) is 1. The van der Waals surface area contributed by atoms with E-state index in [0.29, 0.717) is 0 Å². The smallest absolute Gasteiger partial charge is 0.338 e. The molecule has 1 aromatic rings. The van der Waals surface area contributed by atoms with Crippen LogP contribution in [0.15, 0.2) is 29.5 Å². The number of nitro groups is 1. The zero-order valence-electron chi connectivity index (χ0n) is 13.5. The molecular formula is C15H16FN3O6. The fraction of sp³-hybridized carbons (Fsp3) is 0.333. The highest BCUT2D eigenvalue weighted by Crippen LogP contribution is 2.28. The lowest BCUT2D eigenvalue weighted by molar-refractivity contribution is -0.385. The van der Waals surface area contributed by atoms with Crippen LogP contribution in [0.2, 0.25) is 0 Å². The summed E-state index contributed by atoms with van der Waals surface area (Å²) in [5, 5.41) is 15.9. The Morgan fingerprint density at radius 2 is 2.16 bits per heavy atom. The van der Waals surface area contributed by atoms with E-state index in [1.165, 1.54) is 0 Å². The van der Waals surface area contributed by atoms with Crippen molar-refractivity contribution >= 4 is 17.7 Å². The Hall–Kier alpha value is -3.17. The average molecular weight is 353 g/mol. The van der Waals surface area contributed by atoms with Crippen molar-refractivity contribution in [3.8, 4) is 5.75 Å². The molecule has 25 heavy (non-hydrogen) atoms. The summed E-state index contributed by atoms with van der Waals surface area (Å²) in [5.41, 5.74) is -0.221. The summed E-state index contributed by atoms with van der Waals surface area (Å²) in [6, 6.07) is 1.55. The highest BCUT2D eigenvalue weighted by molar-refractivity contribution is 5.94. The molecule has 9 nitrogen and oxygen atoms in total. The minimum absolute atomic E-state index is 0.0910. The molecule has 0 saturated carbocycles. The van der Waals surface area contributed by atoms with Crippen molar-refractivity contribution in [2.24, 2.45) is 0 Å². The lowest BCUT2D eigenvalue weighted by Crippen LogP contribution is -2.50. The maximum absolute atomic E-state index is 13.3. The topological polar surface area (TPSA) is 120 Å². The molecule has 0 unspecified atom stereocenters. The van der Waals surface area contributed by atoms with E-state index in [1.54, 1.807) is 13.8 Å². The van der Waals surface area contributed by atoms with Crippen LogP contribution in [0.25, 0.3) is 0 Å². The second-order valence-electron chi connectivity index (χ2n) is 5.09. The molecule has 2 N–H and O–H groups in total. The molecule has 1 aliphatic heterocycles. The van der Waals surface area contributed by atoms with Gasteiger partial charge in [0.15, 0.2) is 5.75 Å². The monoisotopic (exact) mass is 353 g/mol. The Bertz CT molecular complexity index is 749. The number of nitro benzene ring substituents is 1. The highest BCUT2D eigenvalue weighted by atomic mass is 19.1. The van der Waals surface area contributed by atoms with Crippen LogP contribution in [-0.2, 0) is 9.53 Å². The van der Waals surface area contributed by atoms with E-state index in [1.807, 2.05) is 0 Å². The van der Waals surface area contributed by atoms with Crippen LogP contribution in [-0.4, -0.2) is 36.2 Å². The molecule has 1 heterocycles. The molecule has 1 aromatic carbocycles. The standard InChI is InChI=1S/C15H16FN3O6/c1-3-24-14(20)13-8(2)17-15(21)18-10(13)7-25-12-6-9(16)4-5-11(12)19(22)23/h4-6,8H,3,7H2,1-2H3,(H2,17,18,21)/t8-/m1/s1. The fourth-order valence-electron chi connectivity index (χ4n) is 2.30. The second-order valence-corrected chi connectivity index (χ2v) is 5.09. The van der Waals surface area contributed by atoms with Gasteiger partial charge in [-0.1, -0.05) is 0 Å². The molecular weight excluding hydrogens is 337 g/mol. The first-order chi connectivity index (χ1) is 11.8. The third kappa shape index (κ3) is 4.22. The minimum Gasteiger partial charge on any atom is -0.480 e. The first kappa shape index (κ1) is 18.2. The summed E-state index contributed by atoms with van der Waals surface area (Å²) in [4.78, 5) is 33.9. The van der Waals surface area contributed by atoms with Crippen LogP contribution < -0.4 is 15.4 Å².